The minimum atomic E-state index is -1.12. The number of halogens is 2. The van der Waals surface area contributed by atoms with Gasteiger partial charge in [-0.25, -0.2) is 8.78 Å². The average molecular weight is 415 g/mol. The lowest BCUT2D eigenvalue weighted by Crippen LogP contribution is -2.38. The number of allylic oxidation sites excluding steroid dienone is 2. The number of fused-ring (bicyclic) bond motifs is 1. The van der Waals surface area contributed by atoms with Crippen LogP contribution in [0, 0.1) is 11.6 Å². The maximum atomic E-state index is 13.4. The summed E-state index contributed by atoms with van der Waals surface area (Å²) in [4.78, 5) is 27.7. The Hall–Kier alpha value is -3.10. The lowest BCUT2D eigenvalue weighted by atomic mass is 9.92. The number of ketones is 2. The average Bonchev–Trinajstić information content (AvgIpc) is 2.75. The van der Waals surface area contributed by atoms with Crippen LogP contribution in [-0.4, -0.2) is 55.9 Å². The molecule has 4 rings (SSSR count). The van der Waals surface area contributed by atoms with E-state index < -0.39 is 23.2 Å². The van der Waals surface area contributed by atoms with Crippen molar-refractivity contribution >= 4 is 11.6 Å². The van der Waals surface area contributed by atoms with Crippen LogP contribution < -0.4 is 9.47 Å². The third-order valence-electron chi connectivity index (χ3n) is 4.89. The summed E-state index contributed by atoms with van der Waals surface area (Å²) in [6, 6.07) is 7.67. The van der Waals surface area contributed by atoms with E-state index in [4.69, 9.17) is 14.2 Å². The molecule has 1 fully saturated rings. The maximum Gasteiger partial charge on any atom is 0.232 e. The molecule has 0 unspecified atom stereocenters. The molecule has 0 spiro atoms. The molecule has 1 saturated heterocycles. The third-order valence-corrected chi connectivity index (χ3v) is 4.89. The molecule has 2 aromatic carbocycles. The summed E-state index contributed by atoms with van der Waals surface area (Å²) in [5.41, 5.74) is 0.311. The number of rotatable bonds is 6. The predicted octanol–water partition coefficient (Wildman–Crippen LogP) is 3.02. The number of carbonyl (C=O) groups excluding carboxylic acids is 2. The molecule has 0 saturated carbocycles. The lowest BCUT2D eigenvalue weighted by molar-refractivity contribution is 0.0322. The third kappa shape index (κ3) is 4.24. The van der Waals surface area contributed by atoms with E-state index in [0.717, 1.165) is 31.3 Å². The second kappa shape index (κ2) is 8.73. The van der Waals surface area contributed by atoms with Crippen LogP contribution >= 0.6 is 0 Å². The molecule has 1 heterocycles. The van der Waals surface area contributed by atoms with Gasteiger partial charge in [0.2, 0.25) is 5.78 Å². The number of hydrogen-bond donors (Lipinski definition) is 0. The van der Waals surface area contributed by atoms with E-state index in [2.05, 4.69) is 4.90 Å². The van der Waals surface area contributed by atoms with Crippen molar-refractivity contribution in [1.29, 1.82) is 0 Å². The summed E-state index contributed by atoms with van der Waals surface area (Å²) in [5, 5.41) is 0. The number of Topliss-reactive ketones (excluding diaryl/α,β-unsaturated/α-hetero) is 1. The molecule has 8 heteroatoms. The molecule has 1 aliphatic carbocycles. The highest BCUT2D eigenvalue weighted by Gasteiger charge is 2.31. The summed E-state index contributed by atoms with van der Waals surface area (Å²) < 4.78 is 43.1. The Morgan fingerprint density at radius 3 is 2.60 bits per heavy atom. The predicted molar refractivity (Wildman–Crippen MR) is 103 cm³/mol. The zero-order chi connectivity index (χ0) is 21.1. The second-order valence-corrected chi connectivity index (χ2v) is 6.86. The number of ether oxygens (including phenoxy) is 3. The van der Waals surface area contributed by atoms with Crippen molar-refractivity contribution in [1.82, 2.24) is 4.90 Å². The number of carbonyl (C=O) groups is 2. The van der Waals surface area contributed by atoms with Gasteiger partial charge in [-0.1, -0.05) is 12.1 Å². The van der Waals surface area contributed by atoms with E-state index in [1.165, 1.54) is 12.1 Å². The highest BCUT2D eigenvalue weighted by molar-refractivity contribution is 6.25. The van der Waals surface area contributed by atoms with Crippen LogP contribution in [0.4, 0.5) is 8.78 Å². The maximum absolute atomic E-state index is 13.4. The fourth-order valence-corrected chi connectivity index (χ4v) is 3.33. The summed E-state index contributed by atoms with van der Waals surface area (Å²) in [6.45, 7) is 3.95. The number of morpholine rings is 1. The van der Waals surface area contributed by atoms with Gasteiger partial charge in [0.05, 0.1) is 18.8 Å². The standard InChI is InChI=1S/C22H19F2NO5/c23-16-5-4-14(12-17(16)24)30-20-13-18(26)15-2-1-3-19(21(15)22(20)27)29-11-8-25-6-9-28-10-7-25/h1-5,12-13H,6-11H2. The van der Waals surface area contributed by atoms with Crippen LogP contribution in [0.15, 0.2) is 48.2 Å². The fourth-order valence-electron chi connectivity index (χ4n) is 3.33. The number of hydrogen-bond acceptors (Lipinski definition) is 6. The van der Waals surface area contributed by atoms with Crippen LogP contribution in [0.25, 0.3) is 0 Å². The van der Waals surface area contributed by atoms with Gasteiger partial charge in [0, 0.05) is 37.3 Å². The lowest BCUT2D eigenvalue weighted by Gasteiger charge is -2.26. The number of benzene rings is 2. The second-order valence-electron chi connectivity index (χ2n) is 6.86. The van der Waals surface area contributed by atoms with E-state index in [0.29, 0.717) is 26.4 Å². The van der Waals surface area contributed by atoms with Crippen LogP contribution in [-0.2, 0) is 4.74 Å². The first-order valence-corrected chi connectivity index (χ1v) is 9.52. The van der Waals surface area contributed by atoms with E-state index in [1.807, 2.05) is 0 Å². The van der Waals surface area contributed by atoms with Crippen LogP contribution in [0.2, 0.25) is 0 Å². The minimum absolute atomic E-state index is 0.0875. The van der Waals surface area contributed by atoms with Crippen molar-refractivity contribution in [3.8, 4) is 11.5 Å². The van der Waals surface area contributed by atoms with Crippen molar-refractivity contribution in [2.24, 2.45) is 0 Å². The quantitative estimate of drug-likeness (QED) is 0.723. The van der Waals surface area contributed by atoms with Gasteiger partial charge in [-0.05, 0) is 18.2 Å². The zero-order valence-electron chi connectivity index (χ0n) is 16.0. The van der Waals surface area contributed by atoms with Crippen molar-refractivity contribution in [2.75, 3.05) is 39.5 Å². The zero-order valence-corrected chi connectivity index (χ0v) is 16.0. The van der Waals surface area contributed by atoms with Crippen molar-refractivity contribution in [3.63, 3.8) is 0 Å². The van der Waals surface area contributed by atoms with Gasteiger partial charge in [0.25, 0.3) is 0 Å². The molecule has 0 N–H and O–H groups in total. The van der Waals surface area contributed by atoms with Crippen LogP contribution in [0.5, 0.6) is 11.5 Å². The molecular weight excluding hydrogens is 396 g/mol. The molecule has 2 aromatic rings. The first-order chi connectivity index (χ1) is 14.5. The van der Waals surface area contributed by atoms with Gasteiger partial charge in [-0.15, -0.1) is 0 Å². The highest BCUT2D eigenvalue weighted by atomic mass is 19.2. The molecule has 0 aromatic heterocycles. The Labute approximate surface area is 171 Å². The Kier molecular flexibility index (Phi) is 5.87. The Morgan fingerprint density at radius 2 is 1.83 bits per heavy atom. The first-order valence-electron chi connectivity index (χ1n) is 9.52. The molecule has 0 atom stereocenters. The highest BCUT2D eigenvalue weighted by Crippen LogP contribution is 2.31. The summed E-state index contributed by atoms with van der Waals surface area (Å²) in [7, 11) is 0. The van der Waals surface area contributed by atoms with E-state index in [-0.39, 0.29) is 28.4 Å². The molecule has 6 nitrogen and oxygen atoms in total. The smallest absolute Gasteiger partial charge is 0.232 e. The first kappa shape index (κ1) is 20.2. The molecule has 1 aliphatic heterocycles. The molecule has 156 valence electrons. The van der Waals surface area contributed by atoms with Crippen LogP contribution in [0.3, 0.4) is 0 Å². The van der Waals surface area contributed by atoms with Crippen molar-refractivity contribution in [2.45, 2.75) is 0 Å². The fraction of sp³-hybridized carbons (Fsp3) is 0.273. The SMILES string of the molecule is O=C1C=C(Oc2ccc(F)c(F)c2)C(=O)c2c(OCCN3CCOCC3)cccc21. The van der Waals surface area contributed by atoms with Crippen molar-refractivity contribution in [3.05, 3.63) is 71.0 Å². The van der Waals surface area contributed by atoms with Gasteiger partial charge < -0.3 is 14.2 Å². The largest absolute Gasteiger partial charge is 0.491 e. The summed E-state index contributed by atoms with van der Waals surface area (Å²) >= 11 is 0. The Balaban J connectivity index is 1.52. The topological polar surface area (TPSA) is 65.1 Å². The van der Waals surface area contributed by atoms with Gasteiger partial charge in [0.15, 0.2) is 23.2 Å². The minimum Gasteiger partial charge on any atom is -0.491 e. The Morgan fingerprint density at radius 1 is 1.03 bits per heavy atom. The van der Waals surface area contributed by atoms with Gasteiger partial charge in [0.1, 0.15) is 18.1 Å². The molecule has 0 radical (unpaired) electrons. The van der Waals surface area contributed by atoms with Crippen LogP contribution in [0.1, 0.15) is 20.7 Å². The van der Waals surface area contributed by atoms with E-state index >= 15 is 0 Å². The van der Waals surface area contributed by atoms with E-state index in [9.17, 15) is 18.4 Å². The monoisotopic (exact) mass is 415 g/mol. The summed E-state index contributed by atoms with van der Waals surface area (Å²) in [5.74, 6) is -3.23. The summed E-state index contributed by atoms with van der Waals surface area (Å²) in [6.07, 6.45) is 1.05. The molecular formula is C22H19F2NO5. The van der Waals surface area contributed by atoms with Gasteiger partial charge in [-0.2, -0.15) is 0 Å². The number of nitrogens with zero attached hydrogens (tertiary/aromatic N) is 1. The van der Waals surface area contributed by atoms with Gasteiger partial charge in [-0.3, -0.25) is 14.5 Å². The van der Waals surface area contributed by atoms with Crippen molar-refractivity contribution < 1.29 is 32.6 Å². The Bertz CT molecular complexity index is 1010. The van der Waals surface area contributed by atoms with E-state index in [1.54, 1.807) is 12.1 Å². The van der Waals surface area contributed by atoms with Gasteiger partial charge >= 0.3 is 0 Å². The molecule has 0 amide bonds. The molecule has 2 aliphatic rings. The normalized spacial score (nSPS) is 16.8. The molecule has 30 heavy (non-hydrogen) atoms. The molecule has 0 bridgehead atoms.